The van der Waals surface area contributed by atoms with Crippen LogP contribution in [0.15, 0.2) is 24.3 Å². The van der Waals surface area contributed by atoms with E-state index in [0.717, 1.165) is 12.8 Å². The third kappa shape index (κ3) is 3.69. The van der Waals surface area contributed by atoms with Gasteiger partial charge in [-0.2, -0.15) is 0 Å². The van der Waals surface area contributed by atoms with Crippen LogP contribution in [0.1, 0.15) is 32.1 Å². The second-order valence-corrected chi connectivity index (χ2v) is 5.91. The highest BCUT2D eigenvalue weighted by atomic mass is 16.5. The van der Waals surface area contributed by atoms with Gasteiger partial charge in [-0.05, 0) is 37.3 Å². The summed E-state index contributed by atoms with van der Waals surface area (Å²) in [5.74, 6) is 1.81. The molecule has 0 aliphatic heterocycles. The highest BCUT2D eigenvalue weighted by molar-refractivity contribution is 5.39. The van der Waals surface area contributed by atoms with Gasteiger partial charge in [0.2, 0.25) is 0 Å². The smallest absolute Gasteiger partial charge is 0.161 e. The molecule has 4 nitrogen and oxygen atoms in total. The summed E-state index contributed by atoms with van der Waals surface area (Å²) in [4.78, 5) is 0. The van der Waals surface area contributed by atoms with Gasteiger partial charge < -0.3 is 19.7 Å². The van der Waals surface area contributed by atoms with Gasteiger partial charge in [-0.3, -0.25) is 0 Å². The fourth-order valence-electron chi connectivity index (χ4n) is 3.31. The number of para-hydroxylation sites is 2. The predicted molar refractivity (Wildman–Crippen MR) is 81.7 cm³/mol. The molecule has 21 heavy (non-hydrogen) atoms. The maximum Gasteiger partial charge on any atom is 0.161 e. The maximum atomic E-state index is 9.79. The fourth-order valence-corrected chi connectivity index (χ4v) is 3.31. The summed E-state index contributed by atoms with van der Waals surface area (Å²) < 4.78 is 11.1. The average molecular weight is 294 g/mol. The van der Waals surface area contributed by atoms with Gasteiger partial charge in [0.05, 0.1) is 26.9 Å². The van der Waals surface area contributed by atoms with Crippen LogP contribution in [0.5, 0.6) is 11.5 Å². The van der Waals surface area contributed by atoms with E-state index in [1.807, 2.05) is 24.3 Å². The lowest BCUT2D eigenvalue weighted by atomic mass is 9.73. The monoisotopic (exact) mass is 294 g/mol. The van der Waals surface area contributed by atoms with E-state index in [2.05, 4.69) is 0 Å². The average Bonchev–Trinajstić information content (AvgIpc) is 3.07. The largest absolute Gasteiger partial charge is 0.493 e. The minimum atomic E-state index is -0.418. The maximum absolute atomic E-state index is 9.79. The molecule has 1 fully saturated rings. The molecule has 4 heteroatoms. The van der Waals surface area contributed by atoms with Gasteiger partial charge in [0.1, 0.15) is 0 Å². The van der Waals surface area contributed by atoms with Crippen molar-refractivity contribution in [3.8, 4) is 11.5 Å². The SMILES string of the molecule is COc1ccccc1OCCC(CO)(CO)C1CCCC1. The Hall–Kier alpha value is -1.26. The Labute approximate surface area is 126 Å². The molecule has 1 aromatic carbocycles. The van der Waals surface area contributed by atoms with Crippen molar-refractivity contribution in [2.24, 2.45) is 11.3 Å². The van der Waals surface area contributed by atoms with E-state index in [4.69, 9.17) is 9.47 Å². The van der Waals surface area contributed by atoms with Crippen molar-refractivity contribution in [3.63, 3.8) is 0 Å². The number of ether oxygens (including phenoxy) is 2. The van der Waals surface area contributed by atoms with Crippen molar-refractivity contribution in [1.82, 2.24) is 0 Å². The number of rotatable bonds is 8. The van der Waals surface area contributed by atoms with Crippen molar-refractivity contribution >= 4 is 0 Å². The van der Waals surface area contributed by atoms with E-state index in [1.165, 1.54) is 12.8 Å². The molecular weight excluding hydrogens is 268 g/mol. The van der Waals surface area contributed by atoms with Crippen LogP contribution in [0.3, 0.4) is 0 Å². The Bertz CT molecular complexity index is 423. The highest BCUT2D eigenvalue weighted by Crippen LogP contribution is 2.42. The van der Waals surface area contributed by atoms with Crippen molar-refractivity contribution in [2.75, 3.05) is 26.9 Å². The molecule has 0 amide bonds. The van der Waals surface area contributed by atoms with Gasteiger partial charge in [0.15, 0.2) is 11.5 Å². The molecule has 0 atom stereocenters. The normalized spacial score (nSPS) is 16.1. The molecule has 0 bridgehead atoms. The molecular formula is C17H26O4. The minimum Gasteiger partial charge on any atom is -0.493 e. The summed E-state index contributed by atoms with van der Waals surface area (Å²) >= 11 is 0. The molecule has 1 aromatic rings. The van der Waals surface area contributed by atoms with Crippen molar-refractivity contribution in [3.05, 3.63) is 24.3 Å². The van der Waals surface area contributed by atoms with E-state index in [9.17, 15) is 10.2 Å². The topological polar surface area (TPSA) is 58.9 Å². The first-order valence-corrected chi connectivity index (χ1v) is 7.73. The summed E-state index contributed by atoms with van der Waals surface area (Å²) in [7, 11) is 1.62. The highest BCUT2D eigenvalue weighted by Gasteiger charge is 2.39. The second kappa shape index (κ2) is 7.66. The first kappa shape index (κ1) is 16.1. The molecule has 2 N–H and O–H groups in total. The van der Waals surface area contributed by atoms with Gasteiger partial charge in [0, 0.05) is 5.41 Å². The molecule has 0 heterocycles. The van der Waals surface area contributed by atoms with Crippen LogP contribution in [0, 0.1) is 11.3 Å². The summed E-state index contributed by atoms with van der Waals surface area (Å²) in [6.45, 7) is 0.505. The van der Waals surface area contributed by atoms with Crippen LogP contribution >= 0.6 is 0 Å². The minimum absolute atomic E-state index is 0.0173. The van der Waals surface area contributed by atoms with Crippen LogP contribution in [0.4, 0.5) is 0 Å². The zero-order valence-corrected chi connectivity index (χ0v) is 12.8. The molecule has 118 valence electrons. The standard InChI is InChI=1S/C17H26O4/c1-20-15-8-4-5-9-16(15)21-11-10-17(12-18,13-19)14-6-2-3-7-14/h4-5,8-9,14,18-19H,2-3,6-7,10-13H2,1H3. The quantitative estimate of drug-likeness (QED) is 0.774. The molecule has 0 spiro atoms. The Kier molecular flexibility index (Phi) is 5.88. The number of methoxy groups -OCH3 is 1. The molecule has 1 saturated carbocycles. The summed E-state index contributed by atoms with van der Waals surface area (Å²) in [6, 6.07) is 7.53. The van der Waals surface area contributed by atoms with E-state index in [-0.39, 0.29) is 13.2 Å². The van der Waals surface area contributed by atoms with Crippen LogP contribution in [0.2, 0.25) is 0 Å². The van der Waals surface area contributed by atoms with Gasteiger partial charge in [-0.25, -0.2) is 0 Å². The first-order valence-electron chi connectivity index (χ1n) is 7.73. The zero-order chi connectivity index (χ0) is 15.1. The molecule has 0 unspecified atom stereocenters. The Morgan fingerprint density at radius 3 is 2.29 bits per heavy atom. The van der Waals surface area contributed by atoms with Crippen LogP contribution in [-0.2, 0) is 0 Å². The number of hydrogen-bond donors (Lipinski definition) is 2. The van der Waals surface area contributed by atoms with E-state index >= 15 is 0 Å². The summed E-state index contributed by atoms with van der Waals surface area (Å²) in [5, 5.41) is 19.6. The predicted octanol–water partition coefficient (Wildman–Crippen LogP) is 2.63. The summed E-state index contributed by atoms with van der Waals surface area (Å²) in [6.07, 6.45) is 5.23. The lowest BCUT2D eigenvalue weighted by Gasteiger charge is -2.36. The third-order valence-corrected chi connectivity index (χ3v) is 4.78. The van der Waals surface area contributed by atoms with Crippen LogP contribution in [-0.4, -0.2) is 37.1 Å². The zero-order valence-electron chi connectivity index (χ0n) is 12.8. The Balaban J connectivity index is 1.95. The Morgan fingerprint density at radius 2 is 1.71 bits per heavy atom. The third-order valence-electron chi connectivity index (χ3n) is 4.78. The lowest BCUT2D eigenvalue weighted by molar-refractivity contribution is -0.0108. The molecule has 0 saturated heterocycles. The fraction of sp³-hybridized carbons (Fsp3) is 0.647. The number of benzene rings is 1. The van der Waals surface area contributed by atoms with E-state index in [0.29, 0.717) is 30.4 Å². The van der Waals surface area contributed by atoms with E-state index in [1.54, 1.807) is 7.11 Å². The molecule has 2 rings (SSSR count). The molecule has 1 aliphatic carbocycles. The number of hydrogen-bond acceptors (Lipinski definition) is 4. The second-order valence-electron chi connectivity index (χ2n) is 5.91. The number of aliphatic hydroxyl groups is 2. The van der Waals surface area contributed by atoms with Gasteiger partial charge in [-0.15, -0.1) is 0 Å². The first-order chi connectivity index (χ1) is 10.3. The van der Waals surface area contributed by atoms with Gasteiger partial charge >= 0.3 is 0 Å². The van der Waals surface area contributed by atoms with Crippen molar-refractivity contribution < 1.29 is 19.7 Å². The Morgan fingerprint density at radius 1 is 1.10 bits per heavy atom. The van der Waals surface area contributed by atoms with Crippen LogP contribution in [0.25, 0.3) is 0 Å². The summed E-state index contributed by atoms with van der Waals surface area (Å²) in [5.41, 5.74) is -0.418. The van der Waals surface area contributed by atoms with Crippen molar-refractivity contribution in [1.29, 1.82) is 0 Å². The molecule has 1 aliphatic rings. The number of aliphatic hydroxyl groups excluding tert-OH is 2. The van der Waals surface area contributed by atoms with E-state index < -0.39 is 5.41 Å². The van der Waals surface area contributed by atoms with Gasteiger partial charge in [0.25, 0.3) is 0 Å². The van der Waals surface area contributed by atoms with Crippen molar-refractivity contribution in [2.45, 2.75) is 32.1 Å². The molecule has 0 aromatic heterocycles. The van der Waals surface area contributed by atoms with Crippen LogP contribution < -0.4 is 9.47 Å². The van der Waals surface area contributed by atoms with Gasteiger partial charge in [-0.1, -0.05) is 25.0 Å². The lowest BCUT2D eigenvalue weighted by Crippen LogP contribution is -2.38. The molecule has 0 radical (unpaired) electrons.